The fourth-order valence-corrected chi connectivity index (χ4v) is 2.50. The van der Waals surface area contributed by atoms with Gasteiger partial charge in [0.25, 0.3) is 5.69 Å². The molecule has 1 aromatic rings. The number of morpholine rings is 1. The number of halogens is 1. The van der Waals surface area contributed by atoms with Gasteiger partial charge in [0, 0.05) is 13.1 Å². The van der Waals surface area contributed by atoms with E-state index in [1.54, 1.807) is 0 Å². The van der Waals surface area contributed by atoms with Crippen LogP contribution in [0.3, 0.4) is 0 Å². The molecule has 1 N–H and O–H groups in total. The van der Waals surface area contributed by atoms with Crippen molar-refractivity contribution in [2.75, 3.05) is 24.6 Å². The van der Waals surface area contributed by atoms with Gasteiger partial charge in [0.05, 0.1) is 35.4 Å². The molecule has 1 fully saturated rings. The van der Waals surface area contributed by atoms with Gasteiger partial charge in [0.1, 0.15) is 11.0 Å². The van der Waals surface area contributed by atoms with E-state index in [1.165, 1.54) is 12.1 Å². The molecule has 0 radical (unpaired) electrons. The van der Waals surface area contributed by atoms with Crippen molar-refractivity contribution in [3.63, 3.8) is 0 Å². The topological polar surface area (TPSA) is 88.7 Å². The van der Waals surface area contributed by atoms with Crippen LogP contribution in [0.4, 0.5) is 11.5 Å². The van der Waals surface area contributed by atoms with Gasteiger partial charge in [-0.15, -0.1) is 0 Å². The van der Waals surface area contributed by atoms with Gasteiger partial charge in [-0.2, -0.15) is 0 Å². The van der Waals surface area contributed by atoms with Gasteiger partial charge in [-0.3, -0.25) is 10.1 Å². The molecule has 1 atom stereocenters. The Morgan fingerprint density at radius 1 is 1.65 bits per heavy atom. The number of aromatic nitrogens is 1. The average Bonchev–Trinajstić information content (AvgIpc) is 2.36. The number of hydrogen-bond acceptors (Lipinski definition) is 6. The number of pyridine rings is 1. The van der Waals surface area contributed by atoms with E-state index in [1.807, 2.05) is 18.7 Å². The lowest BCUT2D eigenvalue weighted by Gasteiger charge is -2.42. The summed E-state index contributed by atoms with van der Waals surface area (Å²) in [5.74, 6) is 0.416. The zero-order valence-corrected chi connectivity index (χ0v) is 12.0. The Hall–Kier alpha value is -1.44. The van der Waals surface area contributed by atoms with Crippen LogP contribution in [-0.2, 0) is 4.74 Å². The monoisotopic (exact) mass is 301 g/mol. The van der Waals surface area contributed by atoms with Crippen molar-refractivity contribution in [3.8, 4) is 0 Å². The summed E-state index contributed by atoms with van der Waals surface area (Å²) < 4.78 is 5.70. The van der Waals surface area contributed by atoms with E-state index in [4.69, 9.17) is 16.3 Å². The number of nitro groups is 1. The predicted octanol–water partition coefficient (Wildman–Crippen LogP) is 1.62. The second-order valence-electron chi connectivity index (χ2n) is 5.33. The lowest BCUT2D eigenvalue weighted by Crippen LogP contribution is -2.54. The summed E-state index contributed by atoms with van der Waals surface area (Å²) in [5, 5.41) is 20.2. The molecule has 1 aliphatic heterocycles. The highest BCUT2D eigenvalue weighted by Crippen LogP contribution is 2.28. The van der Waals surface area contributed by atoms with E-state index < -0.39 is 10.5 Å². The summed E-state index contributed by atoms with van der Waals surface area (Å²) >= 11 is 5.83. The summed E-state index contributed by atoms with van der Waals surface area (Å²) in [7, 11) is 0. The van der Waals surface area contributed by atoms with Crippen molar-refractivity contribution >= 4 is 23.1 Å². The Balaban J connectivity index is 2.32. The maximum atomic E-state index is 10.9. The SMILES string of the molecule is CC1(C)CN(c2cc([N+](=O)[O-])cc(Cl)n2)CC(CO)O1. The van der Waals surface area contributed by atoms with Gasteiger partial charge in [-0.1, -0.05) is 11.6 Å². The first-order valence-electron chi connectivity index (χ1n) is 6.16. The number of rotatable bonds is 3. The minimum atomic E-state index is -0.508. The summed E-state index contributed by atoms with van der Waals surface area (Å²) in [5.41, 5.74) is -0.588. The second kappa shape index (κ2) is 5.51. The third-order valence-electron chi connectivity index (χ3n) is 2.99. The Morgan fingerprint density at radius 3 is 2.95 bits per heavy atom. The molecule has 1 aliphatic rings. The summed E-state index contributed by atoms with van der Waals surface area (Å²) in [6, 6.07) is 2.59. The van der Waals surface area contributed by atoms with Crippen LogP contribution in [0.1, 0.15) is 13.8 Å². The Labute approximate surface area is 121 Å². The molecule has 0 saturated carbocycles. The van der Waals surface area contributed by atoms with Crippen LogP contribution in [0, 0.1) is 10.1 Å². The molecule has 110 valence electrons. The molecule has 20 heavy (non-hydrogen) atoms. The molecule has 0 amide bonds. The maximum Gasteiger partial charge on any atom is 0.276 e. The molecule has 0 aliphatic carbocycles. The van der Waals surface area contributed by atoms with Crippen LogP contribution in [-0.4, -0.2) is 46.4 Å². The summed E-state index contributed by atoms with van der Waals surface area (Å²) in [4.78, 5) is 16.3. The van der Waals surface area contributed by atoms with Gasteiger partial charge in [-0.05, 0) is 13.8 Å². The Morgan fingerprint density at radius 2 is 2.35 bits per heavy atom. The van der Waals surface area contributed by atoms with Crippen molar-refractivity contribution in [2.45, 2.75) is 25.6 Å². The van der Waals surface area contributed by atoms with Crippen LogP contribution in [0.2, 0.25) is 5.15 Å². The van der Waals surface area contributed by atoms with Gasteiger partial charge in [0.2, 0.25) is 0 Å². The van der Waals surface area contributed by atoms with Crippen LogP contribution in [0.5, 0.6) is 0 Å². The zero-order valence-electron chi connectivity index (χ0n) is 11.2. The largest absolute Gasteiger partial charge is 0.394 e. The Kier molecular flexibility index (Phi) is 4.12. The van der Waals surface area contributed by atoms with E-state index in [2.05, 4.69) is 4.98 Å². The normalized spacial score (nSPS) is 21.8. The molecule has 0 bridgehead atoms. The number of hydrogen-bond donors (Lipinski definition) is 1. The van der Waals surface area contributed by atoms with E-state index in [0.29, 0.717) is 18.9 Å². The lowest BCUT2D eigenvalue weighted by atomic mass is 10.1. The fourth-order valence-electron chi connectivity index (χ4n) is 2.30. The number of anilines is 1. The summed E-state index contributed by atoms with van der Waals surface area (Å²) in [6.07, 6.45) is -0.362. The minimum absolute atomic E-state index is 0.0686. The van der Waals surface area contributed by atoms with E-state index >= 15 is 0 Å². The molecule has 7 nitrogen and oxygen atoms in total. The number of aliphatic hydroxyl groups excluding tert-OH is 1. The van der Waals surface area contributed by atoms with Crippen molar-refractivity contribution < 1.29 is 14.8 Å². The highest BCUT2D eigenvalue weighted by Gasteiger charge is 2.34. The zero-order chi connectivity index (χ0) is 14.9. The van der Waals surface area contributed by atoms with Gasteiger partial charge in [0.15, 0.2) is 0 Å². The molecule has 2 rings (SSSR count). The first-order valence-corrected chi connectivity index (χ1v) is 6.54. The van der Waals surface area contributed by atoms with Crippen molar-refractivity contribution in [1.29, 1.82) is 0 Å². The van der Waals surface area contributed by atoms with E-state index in [-0.39, 0.29) is 23.6 Å². The first kappa shape index (κ1) is 15.0. The third-order valence-corrected chi connectivity index (χ3v) is 3.18. The van der Waals surface area contributed by atoms with Gasteiger partial charge >= 0.3 is 0 Å². The predicted molar refractivity (Wildman–Crippen MR) is 74.2 cm³/mol. The van der Waals surface area contributed by atoms with Crippen LogP contribution < -0.4 is 4.90 Å². The van der Waals surface area contributed by atoms with Crippen molar-refractivity contribution in [2.24, 2.45) is 0 Å². The smallest absolute Gasteiger partial charge is 0.276 e. The second-order valence-corrected chi connectivity index (χ2v) is 5.71. The number of aliphatic hydroxyl groups is 1. The molecule has 0 spiro atoms. The van der Waals surface area contributed by atoms with Crippen molar-refractivity contribution in [3.05, 3.63) is 27.4 Å². The van der Waals surface area contributed by atoms with Crippen LogP contribution in [0.15, 0.2) is 12.1 Å². The highest BCUT2D eigenvalue weighted by molar-refractivity contribution is 6.29. The fraction of sp³-hybridized carbons (Fsp3) is 0.583. The molecule has 0 aromatic carbocycles. The molecule has 2 heterocycles. The first-order chi connectivity index (χ1) is 9.30. The van der Waals surface area contributed by atoms with E-state index in [9.17, 15) is 15.2 Å². The highest BCUT2D eigenvalue weighted by atomic mass is 35.5. The molecule has 1 aromatic heterocycles. The minimum Gasteiger partial charge on any atom is -0.394 e. The average molecular weight is 302 g/mol. The standard InChI is InChI=1S/C12H16ClN3O4/c1-12(2)7-15(5-9(6-17)20-12)11-4-8(16(18)19)3-10(13)14-11/h3-4,9,17H,5-7H2,1-2H3. The molecule has 1 saturated heterocycles. The van der Waals surface area contributed by atoms with Crippen molar-refractivity contribution in [1.82, 2.24) is 4.98 Å². The molecule has 1 unspecified atom stereocenters. The molecule has 8 heteroatoms. The van der Waals surface area contributed by atoms with Crippen LogP contribution in [0.25, 0.3) is 0 Å². The molecular formula is C12H16ClN3O4. The molecular weight excluding hydrogens is 286 g/mol. The number of ether oxygens (including phenoxy) is 1. The van der Waals surface area contributed by atoms with Gasteiger partial charge < -0.3 is 14.7 Å². The summed E-state index contributed by atoms with van der Waals surface area (Å²) in [6.45, 7) is 4.57. The van der Waals surface area contributed by atoms with E-state index in [0.717, 1.165) is 0 Å². The number of nitrogens with zero attached hydrogens (tertiary/aromatic N) is 3. The lowest BCUT2D eigenvalue weighted by molar-refractivity contribution is -0.384. The third kappa shape index (κ3) is 3.36. The quantitative estimate of drug-likeness (QED) is 0.518. The van der Waals surface area contributed by atoms with Crippen LogP contribution >= 0.6 is 11.6 Å². The Bertz CT molecular complexity index is 523. The maximum absolute atomic E-state index is 10.9. The van der Waals surface area contributed by atoms with Gasteiger partial charge in [-0.25, -0.2) is 4.98 Å².